The van der Waals surface area contributed by atoms with E-state index in [1.165, 1.54) is 16.0 Å². The second-order valence-corrected chi connectivity index (χ2v) is 10.3. The van der Waals surface area contributed by atoms with E-state index >= 15 is 0 Å². The van der Waals surface area contributed by atoms with Crippen molar-refractivity contribution >= 4 is 27.1 Å². The molecule has 2 aliphatic carbocycles. The van der Waals surface area contributed by atoms with Gasteiger partial charge in [-0.15, -0.1) is 11.3 Å². The van der Waals surface area contributed by atoms with E-state index in [0.29, 0.717) is 5.92 Å². The Balaban J connectivity index is 1.69. The van der Waals surface area contributed by atoms with Crippen LogP contribution in [-0.2, 0) is 14.6 Å². The first-order valence-electron chi connectivity index (χ1n) is 7.82. The lowest BCUT2D eigenvalue weighted by Crippen LogP contribution is -2.44. The van der Waals surface area contributed by atoms with Crippen LogP contribution in [0.3, 0.4) is 0 Å². The van der Waals surface area contributed by atoms with Gasteiger partial charge in [0.2, 0.25) is 5.91 Å². The van der Waals surface area contributed by atoms with Crippen molar-refractivity contribution in [1.82, 2.24) is 4.90 Å². The summed E-state index contributed by atoms with van der Waals surface area (Å²) < 4.78 is 23.1. The van der Waals surface area contributed by atoms with Gasteiger partial charge in [0.25, 0.3) is 0 Å². The van der Waals surface area contributed by atoms with Crippen molar-refractivity contribution in [3.05, 3.63) is 21.9 Å². The van der Waals surface area contributed by atoms with E-state index in [1.807, 2.05) is 11.8 Å². The highest BCUT2D eigenvalue weighted by Gasteiger charge is 2.50. The van der Waals surface area contributed by atoms with Crippen LogP contribution in [0, 0.1) is 12.8 Å². The normalized spacial score (nSPS) is 25.8. The molecule has 0 radical (unpaired) electrons. The summed E-state index contributed by atoms with van der Waals surface area (Å²) in [6.45, 7) is 3.95. The van der Waals surface area contributed by atoms with Gasteiger partial charge in [0.1, 0.15) is 9.84 Å². The number of thiophene rings is 1. The Kier molecular flexibility index (Phi) is 4.10. The Labute approximate surface area is 136 Å². The number of amides is 1. The molecule has 3 atom stereocenters. The molecule has 122 valence electrons. The van der Waals surface area contributed by atoms with Crippen LogP contribution in [-0.4, -0.2) is 43.3 Å². The maximum absolute atomic E-state index is 12.8. The van der Waals surface area contributed by atoms with E-state index in [2.05, 4.69) is 19.1 Å². The molecule has 1 amide bonds. The summed E-state index contributed by atoms with van der Waals surface area (Å²) in [4.78, 5) is 17.3. The maximum Gasteiger partial charge on any atom is 0.226 e. The van der Waals surface area contributed by atoms with Gasteiger partial charge < -0.3 is 4.90 Å². The number of nitrogens with zero attached hydrogens (tertiary/aromatic N) is 1. The molecule has 22 heavy (non-hydrogen) atoms. The van der Waals surface area contributed by atoms with Crippen LogP contribution >= 0.6 is 11.3 Å². The molecule has 0 unspecified atom stereocenters. The van der Waals surface area contributed by atoms with Gasteiger partial charge in [-0.3, -0.25) is 4.79 Å². The molecule has 2 saturated carbocycles. The van der Waals surface area contributed by atoms with Crippen molar-refractivity contribution in [3.63, 3.8) is 0 Å². The minimum atomic E-state index is -3.07. The first-order valence-corrected chi connectivity index (χ1v) is 10.7. The Bertz CT molecular complexity index is 675. The van der Waals surface area contributed by atoms with Crippen molar-refractivity contribution < 1.29 is 13.2 Å². The molecular formula is C16H23NO3S2. The molecule has 1 aromatic heterocycles. The highest BCUT2D eigenvalue weighted by Crippen LogP contribution is 2.51. The summed E-state index contributed by atoms with van der Waals surface area (Å²) in [7, 11) is -3.07. The maximum atomic E-state index is 12.8. The lowest BCUT2D eigenvalue weighted by Gasteiger charge is -2.29. The molecule has 1 heterocycles. The standard InChI is InChI=1S/C16H23NO3S2/c1-10(9-22(3,19)20)17(12-5-6-12)16(18)14-8-13(14)15-7-4-11(2)21-15/h4,7,10,12-14H,5-6,8-9H2,1-3H3/t10-,13-,14-/m1/s1. The fraction of sp³-hybridized carbons (Fsp3) is 0.688. The van der Waals surface area contributed by atoms with Crippen LogP contribution in [0.15, 0.2) is 12.1 Å². The molecule has 3 rings (SSSR count). The molecule has 4 nitrogen and oxygen atoms in total. The van der Waals surface area contributed by atoms with E-state index in [0.717, 1.165) is 19.3 Å². The molecule has 2 aliphatic rings. The highest BCUT2D eigenvalue weighted by atomic mass is 32.2. The fourth-order valence-electron chi connectivity index (χ4n) is 3.25. The van der Waals surface area contributed by atoms with Gasteiger partial charge >= 0.3 is 0 Å². The number of hydrogen-bond donors (Lipinski definition) is 0. The number of carbonyl (C=O) groups excluding carboxylic acids is 1. The average molecular weight is 341 g/mol. The second-order valence-electron chi connectivity index (χ2n) is 6.82. The topological polar surface area (TPSA) is 54.5 Å². The molecule has 1 aromatic rings. The van der Waals surface area contributed by atoms with Crippen LogP contribution in [0.2, 0.25) is 0 Å². The second kappa shape index (κ2) is 5.64. The third-order valence-electron chi connectivity index (χ3n) is 4.45. The SMILES string of the molecule is Cc1ccc([C@@H]2C[C@H]2C(=O)N(C2CC2)[C@H](C)CS(C)(=O)=O)s1. The zero-order valence-electron chi connectivity index (χ0n) is 13.3. The molecule has 2 fully saturated rings. The fourth-order valence-corrected chi connectivity index (χ4v) is 5.35. The minimum Gasteiger partial charge on any atom is -0.336 e. The van der Waals surface area contributed by atoms with Gasteiger partial charge in [-0.1, -0.05) is 0 Å². The van der Waals surface area contributed by atoms with Crippen LogP contribution in [0.5, 0.6) is 0 Å². The molecule has 6 heteroatoms. The van der Waals surface area contributed by atoms with E-state index < -0.39 is 9.84 Å². The summed E-state index contributed by atoms with van der Waals surface area (Å²) in [5, 5.41) is 0. The number of sulfone groups is 1. The van der Waals surface area contributed by atoms with Gasteiger partial charge in [0, 0.05) is 39.9 Å². The number of aryl methyl sites for hydroxylation is 1. The summed E-state index contributed by atoms with van der Waals surface area (Å²) in [5.74, 6) is 0.623. The Hall–Kier alpha value is -0.880. The molecule has 0 saturated heterocycles. The van der Waals surface area contributed by atoms with Gasteiger partial charge in [-0.2, -0.15) is 0 Å². The predicted octanol–water partition coefficient (Wildman–Crippen LogP) is 2.58. The highest BCUT2D eigenvalue weighted by molar-refractivity contribution is 7.90. The van der Waals surface area contributed by atoms with Crippen LogP contribution < -0.4 is 0 Å². The Morgan fingerprint density at radius 1 is 1.41 bits per heavy atom. The molecule has 0 aliphatic heterocycles. The summed E-state index contributed by atoms with van der Waals surface area (Å²) in [6.07, 6.45) is 4.17. The van der Waals surface area contributed by atoms with Crippen LogP contribution in [0.1, 0.15) is 41.9 Å². The van der Waals surface area contributed by atoms with Gasteiger partial charge in [0.05, 0.1) is 5.75 Å². The van der Waals surface area contributed by atoms with Crippen molar-refractivity contribution in [2.75, 3.05) is 12.0 Å². The van der Waals surface area contributed by atoms with Crippen molar-refractivity contribution in [3.8, 4) is 0 Å². The molecule has 0 bridgehead atoms. The van der Waals surface area contributed by atoms with Gasteiger partial charge in [-0.05, 0) is 45.2 Å². The molecule has 0 spiro atoms. The number of rotatable bonds is 6. The molecular weight excluding hydrogens is 318 g/mol. The van der Waals surface area contributed by atoms with Crippen LogP contribution in [0.4, 0.5) is 0 Å². The first-order chi connectivity index (χ1) is 10.3. The van der Waals surface area contributed by atoms with Crippen LogP contribution in [0.25, 0.3) is 0 Å². The van der Waals surface area contributed by atoms with E-state index in [9.17, 15) is 13.2 Å². The third kappa shape index (κ3) is 3.54. The zero-order valence-corrected chi connectivity index (χ0v) is 14.9. The first kappa shape index (κ1) is 16.0. The largest absolute Gasteiger partial charge is 0.336 e. The van der Waals surface area contributed by atoms with Crippen molar-refractivity contribution in [1.29, 1.82) is 0 Å². The third-order valence-corrected chi connectivity index (χ3v) is 6.67. The average Bonchev–Trinajstić information content (AvgIpc) is 3.27. The number of hydrogen-bond acceptors (Lipinski definition) is 4. The lowest BCUT2D eigenvalue weighted by molar-refractivity contribution is -0.134. The monoisotopic (exact) mass is 341 g/mol. The minimum absolute atomic E-state index is 0.0562. The smallest absolute Gasteiger partial charge is 0.226 e. The predicted molar refractivity (Wildman–Crippen MR) is 88.9 cm³/mol. The Morgan fingerprint density at radius 3 is 2.59 bits per heavy atom. The van der Waals surface area contributed by atoms with Gasteiger partial charge in [-0.25, -0.2) is 8.42 Å². The lowest BCUT2D eigenvalue weighted by atomic mass is 10.2. The van der Waals surface area contributed by atoms with E-state index in [-0.39, 0.29) is 29.7 Å². The molecule has 0 N–H and O–H groups in total. The zero-order chi connectivity index (χ0) is 16.1. The quantitative estimate of drug-likeness (QED) is 0.799. The van der Waals surface area contributed by atoms with E-state index in [1.54, 1.807) is 11.3 Å². The summed E-state index contributed by atoms with van der Waals surface area (Å²) in [5.41, 5.74) is 0. The van der Waals surface area contributed by atoms with Crippen molar-refractivity contribution in [2.45, 2.75) is 51.1 Å². The summed E-state index contributed by atoms with van der Waals surface area (Å²) in [6, 6.07) is 4.27. The van der Waals surface area contributed by atoms with Crippen molar-refractivity contribution in [2.24, 2.45) is 5.92 Å². The Morgan fingerprint density at radius 2 is 2.09 bits per heavy atom. The van der Waals surface area contributed by atoms with E-state index in [4.69, 9.17) is 0 Å². The van der Waals surface area contributed by atoms with Gasteiger partial charge in [0.15, 0.2) is 0 Å². The summed E-state index contributed by atoms with van der Waals surface area (Å²) >= 11 is 1.77. The molecule has 0 aromatic carbocycles. The number of carbonyl (C=O) groups is 1.